The Balaban J connectivity index is 2.45. The van der Waals surface area contributed by atoms with Gasteiger partial charge in [0.05, 0.1) is 24.8 Å². The predicted octanol–water partition coefficient (Wildman–Crippen LogP) is 0.585. The Morgan fingerprint density at radius 2 is 2.11 bits per heavy atom. The van der Waals surface area contributed by atoms with Gasteiger partial charge in [0.15, 0.2) is 0 Å². The second kappa shape index (κ2) is 4.87. The summed E-state index contributed by atoms with van der Waals surface area (Å²) in [5, 5.41) is 2.93. The van der Waals surface area contributed by atoms with E-state index >= 15 is 0 Å². The summed E-state index contributed by atoms with van der Waals surface area (Å²) in [5.74, 6) is -0.434. The molecule has 0 atom stereocenters. The Hall–Kier alpha value is -2.37. The summed E-state index contributed by atoms with van der Waals surface area (Å²) in [6.45, 7) is 1.75. The van der Waals surface area contributed by atoms with Crippen molar-refractivity contribution in [3.8, 4) is 5.69 Å². The molecule has 2 aromatic heterocycles. The third-order valence-corrected chi connectivity index (χ3v) is 2.66. The highest BCUT2D eigenvalue weighted by Crippen LogP contribution is 2.06. The SMILES string of the molecule is COC(=O)Cc1c(C)[nH]n(-c2ccncc2)c1=O. The maximum atomic E-state index is 12.1. The van der Waals surface area contributed by atoms with Crippen molar-refractivity contribution in [2.75, 3.05) is 7.11 Å². The monoisotopic (exact) mass is 247 g/mol. The lowest BCUT2D eigenvalue weighted by atomic mass is 10.2. The van der Waals surface area contributed by atoms with Crippen molar-refractivity contribution in [1.82, 2.24) is 14.8 Å². The van der Waals surface area contributed by atoms with Crippen LogP contribution in [0, 0.1) is 6.92 Å². The van der Waals surface area contributed by atoms with Crippen molar-refractivity contribution in [2.24, 2.45) is 0 Å². The summed E-state index contributed by atoms with van der Waals surface area (Å²) >= 11 is 0. The minimum Gasteiger partial charge on any atom is -0.469 e. The Morgan fingerprint density at radius 3 is 2.72 bits per heavy atom. The fourth-order valence-electron chi connectivity index (χ4n) is 1.68. The molecule has 2 aromatic rings. The van der Waals surface area contributed by atoms with Gasteiger partial charge in [0.2, 0.25) is 0 Å². The minimum atomic E-state index is -0.434. The third kappa shape index (κ3) is 2.17. The first kappa shape index (κ1) is 12.1. The normalized spacial score (nSPS) is 10.3. The van der Waals surface area contributed by atoms with Gasteiger partial charge in [-0.05, 0) is 19.1 Å². The van der Waals surface area contributed by atoms with Crippen LogP contribution in [-0.2, 0) is 16.0 Å². The summed E-state index contributed by atoms with van der Waals surface area (Å²) in [4.78, 5) is 27.3. The summed E-state index contributed by atoms with van der Waals surface area (Å²) < 4.78 is 5.95. The number of aromatic nitrogens is 3. The summed E-state index contributed by atoms with van der Waals surface area (Å²) in [5.41, 5.74) is 1.50. The van der Waals surface area contributed by atoms with Crippen LogP contribution in [-0.4, -0.2) is 27.8 Å². The molecular formula is C12H13N3O3. The average molecular weight is 247 g/mol. The number of ether oxygens (including phenoxy) is 1. The second-order valence-corrected chi connectivity index (χ2v) is 3.81. The van der Waals surface area contributed by atoms with Crippen molar-refractivity contribution in [2.45, 2.75) is 13.3 Å². The molecule has 0 spiro atoms. The number of hydrogen-bond donors (Lipinski definition) is 1. The van der Waals surface area contributed by atoms with Gasteiger partial charge in [-0.15, -0.1) is 0 Å². The molecule has 0 amide bonds. The third-order valence-electron chi connectivity index (χ3n) is 2.66. The number of pyridine rings is 1. The van der Waals surface area contributed by atoms with Crippen LogP contribution >= 0.6 is 0 Å². The van der Waals surface area contributed by atoms with Crippen LogP contribution in [0.1, 0.15) is 11.3 Å². The molecule has 0 bridgehead atoms. The topological polar surface area (TPSA) is 77.0 Å². The Morgan fingerprint density at radius 1 is 1.44 bits per heavy atom. The number of rotatable bonds is 3. The minimum absolute atomic E-state index is 0.0320. The number of hydrogen-bond acceptors (Lipinski definition) is 4. The van der Waals surface area contributed by atoms with Gasteiger partial charge < -0.3 is 4.74 Å². The zero-order chi connectivity index (χ0) is 13.1. The lowest BCUT2D eigenvalue weighted by Gasteiger charge is -1.99. The second-order valence-electron chi connectivity index (χ2n) is 3.81. The quantitative estimate of drug-likeness (QED) is 0.805. The lowest BCUT2D eigenvalue weighted by Crippen LogP contribution is -2.19. The molecule has 0 unspecified atom stereocenters. The van der Waals surface area contributed by atoms with Gasteiger partial charge in [0.25, 0.3) is 5.56 Å². The molecular weight excluding hydrogens is 234 g/mol. The van der Waals surface area contributed by atoms with Crippen molar-refractivity contribution in [3.63, 3.8) is 0 Å². The molecule has 0 fully saturated rings. The maximum absolute atomic E-state index is 12.1. The van der Waals surface area contributed by atoms with E-state index in [0.717, 1.165) is 0 Å². The van der Waals surface area contributed by atoms with Crippen LogP contribution in [0.25, 0.3) is 5.69 Å². The van der Waals surface area contributed by atoms with E-state index in [9.17, 15) is 9.59 Å². The van der Waals surface area contributed by atoms with Gasteiger partial charge in [0.1, 0.15) is 0 Å². The van der Waals surface area contributed by atoms with E-state index in [-0.39, 0.29) is 12.0 Å². The molecule has 6 heteroatoms. The Labute approximate surface area is 103 Å². The number of nitrogens with zero attached hydrogens (tertiary/aromatic N) is 2. The van der Waals surface area contributed by atoms with Crippen LogP contribution in [0.3, 0.4) is 0 Å². The molecule has 94 valence electrons. The lowest BCUT2D eigenvalue weighted by molar-refractivity contribution is -0.139. The largest absolute Gasteiger partial charge is 0.469 e. The Bertz CT molecular complexity index is 613. The molecule has 18 heavy (non-hydrogen) atoms. The van der Waals surface area contributed by atoms with E-state index in [2.05, 4.69) is 14.8 Å². The molecule has 2 heterocycles. The molecule has 0 saturated carbocycles. The first-order valence-corrected chi connectivity index (χ1v) is 5.41. The number of aryl methyl sites for hydroxylation is 1. The average Bonchev–Trinajstić information content (AvgIpc) is 2.67. The fraction of sp³-hybridized carbons (Fsp3) is 0.250. The molecule has 6 nitrogen and oxygen atoms in total. The zero-order valence-electron chi connectivity index (χ0n) is 10.1. The highest BCUT2D eigenvalue weighted by Gasteiger charge is 2.15. The van der Waals surface area contributed by atoms with Gasteiger partial charge in [-0.2, -0.15) is 0 Å². The highest BCUT2D eigenvalue weighted by molar-refractivity contribution is 5.72. The van der Waals surface area contributed by atoms with Gasteiger partial charge >= 0.3 is 5.97 Å². The van der Waals surface area contributed by atoms with Gasteiger partial charge in [-0.1, -0.05) is 0 Å². The van der Waals surface area contributed by atoms with Crippen LogP contribution < -0.4 is 5.56 Å². The van der Waals surface area contributed by atoms with E-state index < -0.39 is 5.97 Å². The van der Waals surface area contributed by atoms with Crippen molar-refractivity contribution >= 4 is 5.97 Å². The van der Waals surface area contributed by atoms with Crippen LogP contribution in [0.2, 0.25) is 0 Å². The van der Waals surface area contributed by atoms with Crippen LogP contribution in [0.4, 0.5) is 0 Å². The van der Waals surface area contributed by atoms with E-state index in [1.807, 2.05) is 0 Å². The number of carbonyl (C=O) groups excluding carboxylic acids is 1. The number of aromatic amines is 1. The number of H-pyrrole nitrogens is 1. The van der Waals surface area contributed by atoms with Crippen LogP contribution in [0.15, 0.2) is 29.3 Å². The molecule has 0 aliphatic carbocycles. The summed E-state index contributed by atoms with van der Waals surface area (Å²) in [6.07, 6.45) is 3.16. The van der Waals surface area contributed by atoms with Gasteiger partial charge in [0, 0.05) is 18.1 Å². The standard InChI is InChI=1S/C12H13N3O3/c1-8-10(7-11(16)18-2)12(17)15(14-8)9-3-5-13-6-4-9/h3-6,14H,7H2,1-2H3. The molecule has 0 aliphatic rings. The molecule has 0 saturated heterocycles. The molecule has 2 rings (SSSR count). The fourth-order valence-corrected chi connectivity index (χ4v) is 1.68. The molecule has 0 aliphatic heterocycles. The van der Waals surface area contributed by atoms with Crippen LogP contribution in [0.5, 0.6) is 0 Å². The van der Waals surface area contributed by atoms with Gasteiger partial charge in [-0.25, -0.2) is 4.68 Å². The summed E-state index contributed by atoms with van der Waals surface area (Å²) in [6, 6.07) is 3.42. The predicted molar refractivity (Wildman–Crippen MR) is 64.6 cm³/mol. The number of esters is 1. The molecule has 0 radical (unpaired) electrons. The highest BCUT2D eigenvalue weighted by atomic mass is 16.5. The van der Waals surface area contributed by atoms with Gasteiger partial charge in [-0.3, -0.25) is 19.7 Å². The van der Waals surface area contributed by atoms with Crippen molar-refractivity contribution in [1.29, 1.82) is 0 Å². The first-order chi connectivity index (χ1) is 8.63. The molecule has 0 aromatic carbocycles. The Kier molecular flexibility index (Phi) is 3.27. The first-order valence-electron chi connectivity index (χ1n) is 5.41. The van der Waals surface area contributed by atoms with E-state index in [0.29, 0.717) is 16.9 Å². The van der Waals surface area contributed by atoms with Crippen molar-refractivity contribution < 1.29 is 9.53 Å². The zero-order valence-corrected chi connectivity index (χ0v) is 10.1. The smallest absolute Gasteiger partial charge is 0.310 e. The van der Waals surface area contributed by atoms with E-state index in [4.69, 9.17) is 0 Å². The maximum Gasteiger partial charge on any atom is 0.310 e. The number of carbonyl (C=O) groups is 1. The van der Waals surface area contributed by atoms with E-state index in [1.165, 1.54) is 11.8 Å². The summed E-state index contributed by atoms with van der Waals surface area (Å²) in [7, 11) is 1.30. The van der Waals surface area contributed by atoms with E-state index in [1.54, 1.807) is 31.5 Å². The molecule has 1 N–H and O–H groups in total. The number of nitrogens with one attached hydrogen (secondary N) is 1. The number of methoxy groups -OCH3 is 1. The van der Waals surface area contributed by atoms with Crippen molar-refractivity contribution in [3.05, 3.63) is 46.1 Å².